The Morgan fingerprint density at radius 2 is 2.05 bits per heavy atom. The van der Waals surface area contributed by atoms with Crippen molar-refractivity contribution in [3.63, 3.8) is 0 Å². The van der Waals surface area contributed by atoms with Crippen LogP contribution in [-0.2, 0) is 19.3 Å². The van der Waals surface area contributed by atoms with Crippen LogP contribution in [0.15, 0.2) is 34.8 Å². The van der Waals surface area contributed by atoms with E-state index in [2.05, 4.69) is 45.6 Å². The fourth-order valence-corrected chi connectivity index (χ4v) is 4.58. The number of aryl methyl sites for hydroxylation is 2. The molecule has 2 nitrogen and oxygen atoms in total. The maximum Gasteiger partial charge on any atom is 0.0594 e. The molecule has 0 radical (unpaired) electrons. The predicted molar refractivity (Wildman–Crippen MR) is 88.9 cm³/mol. The van der Waals surface area contributed by atoms with E-state index in [1.54, 1.807) is 10.4 Å². The summed E-state index contributed by atoms with van der Waals surface area (Å²) < 4.78 is 1.15. The lowest BCUT2D eigenvalue weighted by atomic mass is 9.98. The molecule has 3 N–H and O–H groups in total. The van der Waals surface area contributed by atoms with Crippen LogP contribution in [0, 0.1) is 0 Å². The summed E-state index contributed by atoms with van der Waals surface area (Å²) in [5.74, 6) is 5.80. The third-order valence-corrected chi connectivity index (χ3v) is 6.07. The number of rotatable bonds is 4. The molecule has 20 heavy (non-hydrogen) atoms. The predicted octanol–water partition coefficient (Wildman–Crippen LogP) is 4.14. The number of nitrogens with two attached hydrogens (primary N) is 1. The molecule has 1 aromatic carbocycles. The quantitative estimate of drug-likeness (QED) is 0.642. The van der Waals surface area contributed by atoms with Gasteiger partial charge in [-0.05, 0) is 55.4 Å². The van der Waals surface area contributed by atoms with Gasteiger partial charge in [0.2, 0.25) is 0 Å². The van der Waals surface area contributed by atoms with Crippen LogP contribution < -0.4 is 11.3 Å². The maximum atomic E-state index is 5.80. The Balaban J connectivity index is 1.83. The van der Waals surface area contributed by atoms with Gasteiger partial charge in [-0.25, -0.2) is 0 Å². The molecule has 1 atom stereocenters. The molecule has 0 aliphatic heterocycles. The molecule has 0 saturated carbocycles. The van der Waals surface area contributed by atoms with Crippen LogP contribution in [0.2, 0.25) is 0 Å². The minimum absolute atomic E-state index is 0.198. The van der Waals surface area contributed by atoms with Gasteiger partial charge in [-0.1, -0.05) is 34.1 Å². The lowest BCUT2D eigenvalue weighted by Gasteiger charge is -2.15. The van der Waals surface area contributed by atoms with Gasteiger partial charge in [0.1, 0.15) is 0 Å². The summed E-state index contributed by atoms with van der Waals surface area (Å²) >= 11 is 5.55. The molecule has 1 aromatic heterocycles. The Morgan fingerprint density at radius 1 is 1.25 bits per heavy atom. The normalized spacial score (nSPS) is 15.9. The highest BCUT2D eigenvalue weighted by atomic mass is 79.9. The zero-order chi connectivity index (χ0) is 13.9. The number of halogens is 1. The summed E-state index contributed by atoms with van der Waals surface area (Å²) in [6.45, 7) is 0. The van der Waals surface area contributed by atoms with Crippen molar-refractivity contribution in [1.82, 2.24) is 5.43 Å². The number of fused-ring (bicyclic) bond motifs is 1. The second-order valence-electron chi connectivity index (χ2n) is 5.32. The highest BCUT2D eigenvalue weighted by Crippen LogP contribution is 2.34. The van der Waals surface area contributed by atoms with Crippen LogP contribution in [0.4, 0.5) is 0 Å². The van der Waals surface area contributed by atoms with Crippen LogP contribution in [0.1, 0.15) is 39.8 Å². The topological polar surface area (TPSA) is 38.0 Å². The Bertz CT molecular complexity index is 570. The van der Waals surface area contributed by atoms with Crippen molar-refractivity contribution >= 4 is 27.3 Å². The molecule has 0 saturated heterocycles. The average Bonchev–Trinajstić information content (AvgIpc) is 2.90. The van der Waals surface area contributed by atoms with E-state index in [9.17, 15) is 0 Å². The van der Waals surface area contributed by atoms with Gasteiger partial charge in [0.25, 0.3) is 0 Å². The zero-order valence-corrected chi connectivity index (χ0v) is 13.8. The third-order valence-electron chi connectivity index (χ3n) is 3.94. The molecule has 2 aromatic rings. The average molecular weight is 351 g/mol. The van der Waals surface area contributed by atoms with Crippen molar-refractivity contribution in [2.75, 3.05) is 0 Å². The number of hydrazine groups is 1. The van der Waals surface area contributed by atoms with Crippen molar-refractivity contribution in [1.29, 1.82) is 0 Å². The Labute approximate surface area is 132 Å². The van der Waals surface area contributed by atoms with Gasteiger partial charge in [-0.15, -0.1) is 11.3 Å². The first kappa shape index (κ1) is 14.3. The fourth-order valence-electron chi connectivity index (χ4n) is 2.81. The van der Waals surface area contributed by atoms with E-state index in [-0.39, 0.29) is 6.04 Å². The van der Waals surface area contributed by atoms with E-state index in [4.69, 9.17) is 5.84 Å². The summed E-state index contributed by atoms with van der Waals surface area (Å²) in [7, 11) is 0. The van der Waals surface area contributed by atoms with Crippen molar-refractivity contribution in [3.8, 4) is 0 Å². The number of hydrogen-bond donors (Lipinski definition) is 2. The fraction of sp³-hybridized carbons (Fsp3) is 0.375. The molecule has 3 rings (SSSR count). The van der Waals surface area contributed by atoms with Gasteiger partial charge < -0.3 is 0 Å². The Kier molecular flexibility index (Phi) is 4.56. The van der Waals surface area contributed by atoms with Crippen molar-refractivity contribution in [2.24, 2.45) is 5.84 Å². The van der Waals surface area contributed by atoms with Gasteiger partial charge in [0.15, 0.2) is 0 Å². The highest BCUT2D eigenvalue weighted by molar-refractivity contribution is 9.10. The highest BCUT2D eigenvalue weighted by Gasteiger charge is 2.19. The third kappa shape index (κ3) is 2.98. The molecule has 1 aliphatic rings. The van der Waals surface area contributed by atoms with Crippen LogP contribution in [-0.4, -0.2) is 0 Å². The van der Waals surface area contributed by atoms with Crippen molar-refractivity contribution in [2.45, 2.75) is 38.1 Å². The van der Waals surface area contributed by atoms with Crippen molar-refractivity contribution < 1.29 is 0 Å². The number of benzene rings is 1. The summed E-state index contributed by atoms with van der Waals surface area (Å²) in [6, 6.07) is 10.9. The number of hydrogen-bond acceptors (Lipinski definition) is 3. The lowest BCUT2D eigenvalue weighted by Crippen LogP contribution is -2.29. The molecule has 4 heteroatoms. The zero-order valence-electron chi connectivity index (χ0n) is 11.4. The van der Waals surface area contributed by atoms with Crippen LogP contribution in [0.5, 0.6) is 0 Å². The van der Waals surface area contributed by atoms with Gasteiger partial charge in [0.05, 0.1) is 6.04 Å². The minimum atomic E-state index is 0.198. The first-order valence-corrected chi connectivity index (χ1v) is 8.70. The SMILES string of the molecule is NNC(Cc1ccccc1Br)c1cc2c(s1)CCCC2. The molecular weight excluding hydrogens is 332 g/mol. The molecule has 0 amide bonds. The summed E-state index contributed by atoms with van der Waals surface area (Å²) in [4.78, 5) is 2.94. The molecule has 0 fully saturated rings. The summed E-state index contributed by atoms with van der Waals surface area (Å²) in [6.07, 6.45) is 6.05. The standard InChI is InChI=1S/C16H19BrN2S/c17-13-7-3-1-5-11(13)9-14(19-18)16-10-12-6-2-4-8-15(12)20-16/h1,3,5,7,10,14,19H,2,4,6,8-9,18H2. The van der Waals surface area contributed by atoms with E-state index in [1.165, 1.54) is 36.1 Å². The van der Waals surface area contributed by atoms with E-state index in [0.717, 1.165) is 10.9 Å². The molecule has 0 spiro atoms. The molecule has 1 heterocycles. The van der Waals surface area contributed by atoms with Gasteiger partial charge >= 0.3 is 0 Å². The molecule has 1 aliphatic carbocycles. The van der Waals surface area contributed by atoms with Crippen LogP contribution in [0.3, 0.4) is 0 Å². The molecule has 106 valence electrons. The number of nitrogens with one attached hydrogen (secondary N) is 1. The largest absolute Gasteiger partial charge is 0.271 e. The van der Waals surface area contributed by atoms with Crippen LogP contribution >= 0.6 is 27.3 Å². The molecule has 0 bridgehead atoms. The first-order chi connectivity index (χ1) is 9.78. The van der Waals surface area contributed by atoms with Crippen LogP contribution in [0.25, 0.3) is 0 Å². The smallest absolute Gasteiger partial charge is 0.0594 e. The monoisotopic (exact) mass is 350 g/mol. The Morgan fingerprint density at radius 3 is 2.80 bits per heavy atom. The molecular formula is C16H19BrN2S. The van der Waals surface area contributed by atoms with E-state index >= 15 is 0 Å². The first-order valence-electron chi connectivity index (χ1n) is 7.09. The van der Waals surface area contributed by atoms with E-state index in [0.29, 0.717) is 0 Å². The van der Waals surface area contributed by atoms with Crippen molar-refractivity contribution in [3.05, 3.63) is 55.7 Å². The minimum Gasteiger partial charge on any atom is -0.271 e. The lowest BCUT2D eigenvalue weighted by molar-refractivity contribution is 0.559. The molecule has 1 unspecified atom stereocenters. The van der Waals surface area contributed by atoms with Gasteiger partial charge in [-0.3, -0.25) is 11.3 Å². The summed E-state index contributed by atoms with van der Waals surface area (Å²) in [5.41, 5.74) is 5.83. The maximum absolute atomic E-state index is 5.80. The summed E-state index contributed by atoms with van der Waals surface area (Å²) in [5, 5.41) is 0. The van der Waals surface area contributed by atoms with E-state index < -0.39 is 0 Å². The Hall–Kier alpha value is -0.680. The van der Waals surface area contributed by atoms with Gasteiger partial charge in [-0.2, -0.15) is 0 Å². The van der Waals surface area contributed by atoms with E-state index in [1.807, 2.05) is 17.4 Å². The van der Waals surface area contributed by atoms with Gasteiger partial charge in [0, 0.05) is 14.2 Å². The second-order valence-corrected chi connectivity index (χ2v) is 7.34. The number of thiophene rings is 1. The second kappa shape index (κ2) is 6.39.